The Labute approximate surface area is 219 Å². The first kappa shape index (κ1) is 34.4. The summed E-state index contributed by atoms with van der Waals surface area (Å²) < 4.78 is 23.2. The monoisotopic (exact) mass is 498 g/mol. The van der Waals surface area contributed by atoms with Gasteiger partial charge in [0.1, 0.15) is 0 Å². The Morgan fingerprint density at radius 2 is 0.943 bits per heavy atom. The minimum atomic E-state index is -0.0980. The van der Waals surface area contributed by atoms with Crippen molar-refractivity contribution in [1.29, 1.82) is 0 Å². The third kappa shape index (κ3) is 29.5. The summed E-state index contributed by atoms with van der Waals surface area (Å²) in [6.45, 7) is 9.53. The van der Waals surface area contributed by atoms with E-state index in [2.05, 4.69) is 26.8 Å². The van der Waals surface area contributed by atoms with E-state index in [4.69, 9.17) is 18.9 Å². The normalized spacial score (nSPS) is 11.8. The minimum absolute atomic E-state index is 0.0980. The van der Waals surface area contributed by atoms with Crippen molar-refractivity contribution >= 4 is 0 Å². The molecule has 0 atom stereocenters. The molecule has 210 valence electrons. The Hall–Kier alpha value is -0.580. The molecular weight excluding hydrogens is 436 g/mol. The summed E-state index contributed by atoms with van der Waals surface area (Å²) in [6, 6.07) is 0. The van der Waals surface area contributed by atoms with Gasteiger partial charge in [-0.2, -0.15) is 0 Å². The molecule has 0 aromatic rings. The average molecular weight is 499 g/mol. The summed E-state index contributed by atoms with van der Waals surface area (Å²) in [5.74, 6) is 0. The maximum absolute atomic E-state index is 6.11. The molecule has 0 heterocycles. The molecule has 0 saturated carbocycles. The maximum atomic E-state index is 6.11. The molecule has 0 aromatic heterocycles. The van der Waals surface area contributed by atoms with Crippen molar-refractivity contribution in [1.82, 2.24) is 0 Å². The number of allylic oxidation sites excluding steroid dienone is 1. The highest BCUT2D eigenvalue weighted by Crippen LogP contribution is 2.12. The lowest BCUT2D eigenvalue weighted by Crippen LogP contribution is -2.18. The van der Waals surface area contributed by atoms with Crippen LogP contribution in [0.3, 0.4) is 0 Å². The van der Waals surface area contributed by atoms with E-state index in [1.807, 2.05) is 0 Å². The van der Waals surface area contributed by atoms with E-state index < -0.39 is 0 Å². The highest BCUT2D eigenvalue weighted by molar-refractivity contribution is 4.73. The average Bonchev–Trinajstić information content (AvgIpc) is 2.87. The van der Waals surface area contributed by atoms with E-state index in [-0.39, 0.29) is 6.29 Å². The van der Waals surface area contributed by atoms with Crippen LogP contribution in [0.5, 0.6) is 0 Å². The van der Waals surface area contributed by atoms with Gasteiger partial charge in [-0.05, 0) is 31.8 Å². The van der Waals surface area contributed by atoms with E-state index in [1.165, 1.54) is 103 Å². The fourth-order valence-electron chi connectivity index (χ4n) is 4.09. The quantitative estimate of drug-likeness (QED) is 0.0560. The highest BCUT2D eigenvalue weighted by Gasteiger charge is 2.08. The van der Waals surface area contributed by atoms with Gasteiger partial charge in [0.25, 0.3) is 0 Å². The van der Waals surface area contributed by atoms with Crippen LogP contribution in [0.1, 0.15) is 156 Å². The zero-order valence-corrected chi connectivity index (χ0v) is 24.0. The molecule has 0 unspecified atom stereocenters. The van der Waals surface area contributed by atoms with E-state index in [9.17, 15) is 0 Å². The molecule has 0 aliphatic rings. The summed E-state index contributed by atoms with van der Waals surface area (Å²) >= 11 is 0. The molecule has 0 aliphatic heterocycles. The summed E-state index contributed by atoms with van der Waals surface area (Å²) in [6.07, 6.45) is 30.1. The van der Waals surface area contributed by atoms with Crippen molar-refractivity contribution < 1.29 is 18.9 Å². The second-order valence-corrected chi connectivity index (χ2v) is 9.97. The van der Waals surface area contributed by atoms with E-state index >= 15 is 0 Å². The molecule has 0 aromatic carbocycles. The van der Waals surface area contributed by atoms with Crippen LogP contribution >= 0.6 is 0 Å². The van der Waals surface area contributed by atoms with E-state index in [0.717, 1.165) is 51.9 Å². The second kappa shape index (κ2) is 31.4. The van der Waals surface area contributed by atoms with Crippen molar-refractivity contribution in [2.45, 2.75) is 162 Å². The van der Waals surface area contributed by atoms with Gasteiger partial charge < -0.3 is 18.9 Å². The molecule has 4 heteroatoms. The molecule has 0 saturated heterocycles. The molecular formula is C31H62O4. The van der Waals surface area contributed by atoms with Crippen LogP contribution < -0.4 is 0 Å². The third-order valence-corrected chi connectivity index (χ3v) is 6.41. The Bertz CT molecular complexity index is 379. The smallest absolute Gasteiger partial charge is 0.188 e. The SMILES string of the molecule is CCCCCCCCCOC(CCC=COCOCCCCCCC)OCCCCCCCCC. The van der Waals surface area contributed by atoms with Crippen LogP contribution in [0.15, 0.2) is 12.3 Å². The summed E-state index contributed by atoms with van der Waals surface area (Å²) in [7, 11) is 0. The molecule has 0 spiro atoms. The van der Waals surface area contributed by atoms with Gasteiger partial charge in [0.05, 0.1) is 12.9 Å². The van der Waals surface area contributed by atoms with Gasteiger partial charge in [-0.1, -0.05) is 124 Å². The summed E-state index contributed by atoms with van der Waals surface area (Å²) in [4.78, 5) is 0. The molecule has 0 rings (SSSR count). The predicted octanol–water partition coefficient (Wildman–Crippen LogP) is 10.1. The highest BCUT2D eigenvalue weighted by atomic mass is 16.7. The molecule has 0 bridgehead atoms. The number of hydrogen-bond acceptors (Lipinski definition) is 4. The first-order chi connectivity index (χ1) is 17.3. The molecule has 0 amide bonds. The minimum Gasteiger partial charge on any atom is -0.475 e. The van der Waals surface area contributed by atoms with E-state index in [1.54, 1.807) is 6.26 Å². The van der Waals surface area contributed by atoms with Gasteiger partial charge >= 0.3 is 0 Å². The van der Waals surface area contributed by atoms with Crippen LogP contribution in [0.2, 0.25) is 0 Å². The number of ether oxygens (including phenoxy) is 4. The van der Waals surface area contributed by atoms with Crippen molar-refractivity contribution in [2.75, 3.05) is 26.6 Å². The fourth-order valence-corrected chi connectivity index (χ4v) is 4.09. The van der Waals surface area contributed by atoms with Gasteiger partial charge in [-0.15, -0.1) is 0 Å². The second-order valence-electron chi connectivity index (χ2n) is 9.97. The lowest BCUT2D eigenvalue weighted by Gasteiger charge is -2.18. The van der Waals surface area contributed by atoms with Crippen LogP contribution in [0.25, 0.3) is 0 Å². The van der Waals surface area contributed by atoms with Crippen molar-refractivity contribution in [3.8, 4) is 0 Å². The molecule has 0 N–H and O–H groups in total. The zero-order valence-electron chi connectivity index (χ0n) is 24.0. The lowest BCUT2D eigenvalue weighted by atomic mass is 10.1. The maximum Gasteiger partial charge on any atom is 0.188 e. The first-order valence-electron chi connectivity index (χ1n) is 15.4. The molecule has 35 heavy (non-hydrogen) atoms. The molecule has 0 fully saturated rings. The van der Waals surface area contributed by atoms with Gasteiger partial charge in [-0.3, -0.25) is 0 Å². The first-order valence-corrected chi connectivity index (χ1v) is 15.4. The Kier molecular flexibility index (Phi) is 30.9. The van der Waals surface area contributed by atoms with Crippen LogP contribution in [0.4, 0.5) is 0 Å². The van der Waals surface area contributed by atoms with Gasteiger partial charge in [-0.25, -0.2) is 0 Å². The number of rotatable bonds is 30. The standard InChI is InChI=1S/C31H62O4/c1-4-7-10-13-15-18-22-28-34-31(35-29-23-19-16-14-11-8-5-2)25-20-24-27-33-30-32-26-21-17-12-9-6-3/h24,27,31H,4-23,25-26,28-30H2,1-3H3. The number of hydrogen-bond donors (Lipinski definition) is 0. The Morgan fingerprint density at radius 1 is 0.514 bits per heavy atom. The topological polar surface area (TPSA) is 36.9 Å². The molecule has 0 aliphatic carbocycles. The van der Waals surface area contributed by atoms with Gasteiger partial charge in [0.15, 0.2) is 13.1 Å². The van der Waals surface area contributed by atoms with Crippen LogP contribution in [-0.4, -0.2) is 32.9 Å². The Balaban J connectivity index is 3.91. The largest absolute Gasteiger partial charge is 0.475 e. The van der Waals surface area contributed by atoms with Crippen molar-refractivity contribution in [2.24, 2.45) is 0 Å². The van der Waals surface area contributed by atoms with Gasteiger partial charge in [0, 0.05) is 19.6 Å². The third-order valence-electron chi connectivity index (χ3n) is 6.41. The summed E-state index contributed by atoms with van der Waals surface area (Å²) in [5, 5.41) is 0. The Morgan fingerprint density at radius 3 is 1.43 bits per heavy atom. The summed E-state index contributed by atoms with van der Waals surface area (Å²) in [5.41, 5.74) is 0. The van der Waals surface area contributed by atoms with Crippen molar-refractivity contribution in [3.63, 3.8) is 0 Å². The molecule has 4 nitrogen and oxygen atoms in total. The van der Waals surface area contributed by atoms with E-state index in [0.29, 0.717) is 6.79 Å². The predicted molar refractivity (Wildman–Crippen MR) is 151 cm³/mol. The number of unbranched alkanes of at least 4 members (excludes halogenated alkanes) is 16. The fraction of sp³-hybridized carbons (Fsp3) is 0.935. The lowest BCUT2D eigenvalue weighted by molar-refractivity contribution is -0.146. The van der Waals surface area contributed by atoms with Gasteiger partial charge in [0.2, 0.25) is 0 Å². The van der Waals surface area contributed by atoms with Crippen molar-refractivity contribution in [3.05, 3.63) is 12.3 Å². The molecule has 0 radical (unpaired) electrons. The van der Waals surface area contributed by atoms with Crippen LogP contribution in [-0.2, 0) is 18.9 Å². The zero-order chi connectivity index (χ0) is 25.5. The van der Waals surface area contributed by atoms with Crippen LogP contribution in [0, 0.1) is 0 Å².